The Morgan fingerprint density at radius 2 is 2.19 bits per heavy atom. The zero-order valence-electron chi connectivity index (χ0n) is 14.7. The summed E-state index contributed by atoms with van der Waals surface area (Å²) in [5.74, 6) is -1.41. The van der Waals surface area contributed by atoms with Gasteiger partial charge in [0.15, 0.2) is 18.2 Å². The molecule has 3 rings (SSSR count). The van der Waals surface area contributed by atoms with Crippen LogP contribution >= 0.6 is 0 Å². The third-order valence-corrected chi connectivity index (χ3v) is 4.91. The summed E-state index contributed by atoms with van der Waals surface area (Å²) in [4.78, 5) is 16.4. The second-order valence-corrected chi connectivity index (χ2v) is 6.71. The lowest BCUT2D eigenvalue weighted by atomic mass is 9.93. The Hall–Kier alpha value is -1.99. The van der Waals surface area contributed by atoms with Crippen LogP contribution in [0.15, 0.2) is 30.9 Å². The summed E-state index contributed by atoms with van der Waals surface area (Å²) in [7, 11) is 0. The standard InChI is InChI=1S/C19H24F2N2O3/c1-2-6-22-8-9-25-18-12-23(7-5-14(18)11-22)19(24)13-26-17-10-15(20)3-4-16(17)21/h2-4,10,14,18H,1,5-9,11-13H2. The number of hydrogen-bond acceptors (Lipinski definition) is 4. The van der Waals surface area contributed by atoms with Gasteiger partial charge in [0.2, 0.25) is 0 Å². The van der Waals surface area contributed by atoms with Crippen LogP contribution in [0.1, 0.15) is 6.42 Å². The molecule has 142 valence electrons. The molecule has 0 aliphatic carbocycles. The van der Waals surface area contributed by atoms with Gasteiger partial charge in [-0.25, -0.2) is 8.78 Å². The Balaban J connectivity index is 1.54. The Kier molecular flexibility index (Phi) is 6.21. The van der Waals surface area contributed by atoms with Crippen LogP contribution < -0.4 is 4.74 Å². The molecular formula is C19H24F2N2O3. The lowest BCUT2D eigenvalue weighted by Gasteiger charge is -2.37. The van der Waals surface area contributed by atoms with E-state index in [-0.39, 0.29) is 24.4 Å². The second-order valence-electron chi connectivity index (χ2n) is 6.71. The first-order valence-electron chi connectivity index (χ1n) is 8.87. The van der Waals surface area contributed by atoms with Crippen molar-refractivity contribution in [1.29, 1.82) is 0 Å². The van der Waals surface area contributed by atoms with Gasteiger partial charge in [-0.1, -0.05) is 6.08 Å². The summed E-state index contributed by atoms with van der Waals surface area (Å²) in [5, 5.41) is 0. The molecule has 26 heavy (non-hydrogen) atoms. The van der Waals surface area contributed by atoms with Gasteiger partial charge in [-0.15, -0.1) is 6.58 Å². The molecule has 7 heteroatoms. The molecule has 1 aromatic rings. The Bertz CT molecular complexity index is 656. The van der Waals surface area contributed by atoms with Gasteiger partial charge in [0.05, 0.1) is 12.7 Å². The molecule has 2 aliphatic rings. The number of benzene rings is 1. The predicted molar refractivity (Wildman–Crippen MR) is 92.9 cm³/mol. The maximum atomic E-state index is 13.6. The zero-order chi connectivity index (χ0) is 18.5. The molecule has 1 aromatic carbocycles. The fraction of sp³-hybridized carbons (Fsp3) is 0.526. The number of piperidine rings is 1. The lowest BCUT2D eigenvalue weighted by Crippen LogP contribution is -2.50. The van der Waals surface area contributed by atoms with Crippen molar-refractivity contribution in [2.24, 2.45) is 5.92 Å². The van der Waals surface area contributed by atoms with E-state index < -0.39 is 11.6 Å². The van der Waals surface area contributed by atoms with Crippen molar-refractivity contribution in [3.8, 4) is 5.75 Å². The lowest BCUT2D eigenvalue weighted by molar-refractivity contribution is -0.139. The fourth-order valence-corrected chi connectivity index (χ4v) is 3.51. The first-order valence-corrected chi connectivity index (χ1v) is 8.87. The summed E-state index contributed by atoms with van der Waals surface area (Å²) in [6.07, 6.45) is 2.73. The first kappa shape index (κ1) is 18.8. The molecule has 0 saturated carbocycles. The van der Waals surface area contributed by atoms with E-state index in [0.717, 1.165) is 44.3 Å². The molecule has 2 fully saturated rings. The van der Waals surface area contributed by atoms with Crippen molar-refractivity contribution < 1.29 is 23.0 Å². The monoisotopic (exact) mass is 366 g/mol. The van der Waals surface area contributed by atoms with Crippen molar-refractivity contribution in [2.45, 2.75) is 12.5 Å². The van der Waals surface area contributed by atoms with Gasteiger partial charge in [-0.2, -0.15) is 0 Å². The van der Waals surface area contributed by atoms with Crippen molar-refractivity contribution in [2.75, 3.05) is 45.9 Å². The number of nitrogens with zero attached hydrogens (tertiary/aromatic N) is 2. The van der Waals surface area contributed by atoms with Crippen LogP contribution in [0, 0.1) is 17.6 Å². The van der Waals surface area contributed by atoms with Crippen LogP contribution in [-0.2, 0) is 9.53 Å². The number of amides is 1. The summed E-state index contributed by atoms with van der Waals surface area (Å²) >= 11 is 0. The Labute approximate surface area is 152 Å². The highest BCUT2D eigenvalue weighted by Crippen LogP contribution is 2.24. The number of rotatable bonds is 5. The normalized spacial score (nSPS) is 23.8. The maximum Gasteiger partial charge on any atom is 0.260 e. The minimum Gasteiger partial charge on any atom is -0.481 e. The molecule has 0 N–H and O–H groups in total. The van der Waals surface area contributed by atoms with Crippen molar-refractivity contribution in [3.05, 3.63) is 42.5 Å². The average molecular weight is 366 g/mol. The fourth-order valence-electron chi connectivity index (χ4n) is 3.51. The minimum absolute atomic E-state index is 0.00609. The molecule has 0 aromatic heterocycles. The molecule has 0 radical (unpaired) electrons. The van der Waals surface area contributed by atoms with E-state index in [1.54, 1.807) is 4.90 Å². The average Bonchev–Trinajstić information content (AvgIpc) is 2.83. The number of carbonyl (C=O) groups excluding carboxylic acids is 1. The van der Waals surface area contributed by atoms with E-state index in [4.69, 9.17) is 9.47 Å². The van der Waals surface area contributed by atoms with E-state index in [9.17, 15) is 13.6 Å². The topological polar surface area (TPSA) is 42.0 Å². The van der Waals surface area contributed by atoms with E-state index >= 15 is 0 Å². The summed E-state index contributed by atoms with van der Waals surface area (Å²) in [6.45, 7) is 7.83. The van der Waals surface area contributed by atoms with Crippen LogP contribution in [0.5, 0.6) is 5.75 Å². The molecular weight excluding hydrogens is 342 g/mol. The van der Waals surface area contributed by atoms with Crippen LogP contribution in [0.3, 0.4) is 0 Å². The molecule has 0 bridgehead atoms. The summed E-state index contributed by atoms with van der Waals surface area (Å²) in [6, 6.07) is 2.93. The van der Waals surface area contributed by atoms with Gasteiger partial charge >= 0.3 is 0 Å². The van der Waals surface area contributed by atoms with Gasteiger partial charge in [-0.3, -0.25) is 9.69 Å². The molecule has 1 amide bonds. The maximum absolute atomic E-state index is 13.6. The molecule has 2 saturated heterocycles. The molecule has 2 atom stereocenters. The van der Waals surface area contributed by atoms with Crippen LogP contribution in [-0.4, -0.2) is 67.7 Å². The Morgan fingerprint density at radius 1 is 1.35 bits per heavy atom. The quantitative estimate of drug-likeness (QED) is 0.749. The smallest absolute Gasteiger partial charge is 0.260 e. The Morgan fingerprint density at radius 3 is 3.00 bits per heavy atom. The predicted octanol–water partition coefficient (Wildman–Crippen LogP) is 2.08. The SMILES string of the molecule is C=CCN1CCOC2CN(C(=O)COc3cc(F)ccc3F)CCC2C1. The zero-order valence-corrected chi connectivity index (χ0v) is 14.7. The highest BCUT2D eigenvalue weighted by molar-refractivity contribution is 5.78. The summed E-state index contributed by atoms with van der Waals surface area (Å²) in [5.41, 5.74) is 0. The van der Waals surface area contributed by atoms with Crippen LogP contribution in [0.4, 0.5) is 8.78 Å². The van der Waals surface area contributed by atoms with Crippen LogP contribution in [0.2, 0.25) is 0 Å². The van der Waals surface area contributed by atoms with Crippen molar-refractivity contribution in [1.82, 2.24) is 9.80 Å². The molecule has 5 nitrogen and oxygen atoms in total. The van der Waals surface area contributed by atoms with Crippen LogP contribution in [0.25, 0.3) is 0 Å². The van der Waals surface area contributed by atoms with Crippen molar-refractivity contribution >= 4 is 5.91 Å². The molecule has 0 spiro atoms. The number of ether oxygens (including phenoxy) is 2. The second kappa shape index (κ2) is 8.60. The highest BCUT2D eigenvalue weighted by atomic mass is 19.1. The third kappa shape index (κ3) is 4.59. The highest BCUT2D eigenvalue weighted by Gasteiger charge is 2.34. The molecule has 2 aliphatic heterocycles. The number of halogens is 2. The van der Waals surface area contributed by atoms with E-state index in [0.29, 0.717) is 25.6 Å². The van der Waals surface area contributed by atoms with Gasteiger partial charge in [0, 0.05) is 44.7 Å². The molecule has 2 unspecified atom stereocenters. The van der Waals surface area contributed by atoms with Gasteiger partial charge in [0.25, 0.3) is 5.91 Å². The van der Waals surface area contributed by atoms with Gasteiger partial charge in [-0.05, 0) is 18.6 Å². The summed E-state index contributed by atoms with van der Waals surface area (Å²) < 4.78 is 37.9. The van der Waals surface area contributed by atoms with E-state index in [2.05, 4.69) is 11.5 Å². The number of hydrogen-bond donors (Lipinski definition) is 0. The largest absolute Gasteiger partial charge is 0.481 e. The number of fused-ring (bicyclic) bond motifs is 1. The van der Waals surface area contributed by atoms with Crippen molar-refractivity contribution in [3.63, 3.8) is 0 Å². The molecule has 2 heterocycles. The number of carbonyl (C=O) groups is 1. The third-order valence-electron chi connectivity index (χ3n) is 4.91. The first-order chi connectivity index (χ1) is 12.6. The van der Waals surface area contributed by atoms with Gasteiger partial charge in [0.1, 0.15) is 5.82 Å². The van der Waals surface area contributed by atoms with E-state index in [1.165, 1.54) is 0 Å². The van der Waals surface area contributed by atoms with E-state index in [1.807, 2.05) is 6.08 Å². The minimum atomic E-state index is -0.688. The van der Waals surface area contributed by atoms with Gasteiger partial charge < -0.3 is 14.4 Å². The number of likely N-dealkylation sites (tertiary alicyclic amines) is 1.